The van der Waals surface area contributed by atoms with E-state index >= 15 is 0 Å². The molecule has 4 heterocycles. The molecule has 0 radical (unpaired) electrons. The fourth-order valence-corrected chi connectivity index (χ4v) is 4.47. The summed E-state index contributed by atoms with van der Waals surface area (Å²) in [5.74, 6) is -2.26. The van der Waals surface area contributed by atoms with Crippen molar-refractivity contribution in [3.05, 3.63) is 66.1 Å². The lowest BCUT2D eigenvalue weighted by Crippen LogP contribution is -2.50. The van der Waals surface area contributed by atoms with Crippen LogP contribution in [0.25, 0.3) is 22.9 Å². The minimum absolute atomic E-state index is 0.0828. The van der Waals surface area contributed by atoms with Gasteiger partial charge in [-0.1, -0.05) is 30.3 Å². The summed E-state index contributed by atoms with van der Waals surface area (Å²) in [5.41, 5.74) is 1.72. The number of carboxylic acid groups (broad SMARTS) is 1. The Morgan fingerprint density at radius 2 is 2.03 bits per heavy atom. The molecule has 0 bridgehead atoms. The summed E-state index contributed by atoms with van der Waals surface area (Å²) in [7, 11) is 0. The van der Waals surface area contributed by atoms with Crippen molar-refractivity contribution < 1.29 is 23.2 Å². The Morgan fingerprint density at radius 1 is 1.20 bits per heavy atom. The Hall–Kier alpha value is -4.15. The van der Waals surface area contributed by atoms with Crippen LogP contribution < -0.4 is 4.90 Å². The van der Waals surface area contributed by atoms with Crippen molar-refractivity contribution in [2.45, 2.75) is 32.4 Å². The number of aromatic nitrogens is 5. The lowest BCUT2D eigenvalue weighted by molar-refractivity contribution is -0.140. The molecular weight excluding hydrogens is 458 g/mol. The number of anilines is 1. The topological polar surface area (TPSA) is 110 Å². The normalized spacial score (nSPS) is 18.1. The van der Waals surface area contributed by atoms with Crippen molar-refractivity contribution in [3.63, 3.8) is 0 Å². The smallest absolute Gasteiger partial charge is 0.326 e. The monoisotopic (exact) mass is 480 g/mol. The molecule has 9 nitrogen and oxygen atoms in total. The second kappa shape index (κ2) is 9.24. The van der Waals surface area contributed by atoms with E-state index in [-0.39, 0.29) is 29.9 Å². The Labute approximate surface area is 199 Å². The van der Waals surface area contributed by atoms with E-state index in [9.17, 15) is 18.7 Å². The average molecular weight is 480 g/mol. The van der Waals surface area contributed by atoms with Crippen LogP contribution >= 0.6 is 0 Å². The van der Waals surface area contributed by atoms with Gasteiger partial charge in [0, 0.05) is 18.2 Å². The fraction of sp³-hybridized carbons (Fsp3) is 0.292. The molecule has 0 aliphatic carbocycles. The van der Waals surface area contributed by atoms with Crippen LogP contribution in [0.3, 0.4) is 0 Å². The number of aliphatic carboxylic acids is 1. The first-order valence-electron chi connectivity index (χ1n) is 11.2. The van der Waals surface area contributed by atoms with Gasteiger partial charge in [-0.25, -0.2) is 23.5 Å². The van der Waals surface area contributed by atoms with Crippen molar-refractivity contribution >= 4 is 11.8 Å². The Morgan fingerprint density at radius 3 is 2.77 bits per heavy atom. The first kappa shape index (κ1) is 22.6. The number of hydrogen-bond acceptors (Lipinski definition) is 7. The summed E-state index contributed by atoms with van der Waals surface area (Å²) < 4.78 is 35.7. The molecule has 5 rings (SSSR count). The number of nitrogens with zero attached hydrogens (tertiary/aromatic N) is 6. The predicted molar refractivity (Wildman–Crippen MR) is 121 cm³/mol. The molecule has 4 aromatic rings. The highest BCUT2D eigenvalue weighted by molar-refractivity contribution is 5.78. The van der Waals surface area contributed by atoms with Crippen LogP contribution in [0.4, 0.5) is 14.6 Å². The Bertz CT molecular complexity index is 1360. The third-order valence-corrected chi connectivity index (χ3v) is 6.17. The minimum Gasteiger partial charge on any atom is -0.480 e. The molecule has 2 atom stereocenters. The second-order valence-corrected chi connectivity index (χ2v) is 8.51. The third kappa shape index (κ3) is 4.36. The van der Waals surface area contributed by atoms with E-state index in [0.717, 1.165) is 19.0 Å². The minimum atomic E-state index is -1.03. The third-order valence-electron chi connectivity index (χ3n) is 6.17. The highest BCUT2D eigenvalue weighted by atomic mass is 19.1. The van der Waals surface area contributed by atoms with E-state index in [0.29, 0.717) is 29.2 Å². The van der Waals surface area contributed by atoms with Crippen LogP contribution in [-0.4, -0.2) is 48.6 Å². The molecule has 0 amide bonds. The van der Waals surface area contributed by atoms with Gasteiger partial charge in [0.25, 0.3) is 0 Å². The fourth-order valence-electron chi connectivity index (χ4n) is 4.47. The van der Waals surface area contributed by atoms with Gasteiger partial charge in [-0.2, -0.15) is 5.10 Å². The van der Waals surface area contributed by atoms with E-state index in [2.05, 4.69) is 20.2 Å². The second-order valence-electron chi connectivity index (χ2n) is 8.51. The summed E-state index contributed by atoms with van der Waals surface area (Å²) >= 11 is 0. The lowest BCUT2D eigenvalue weighted by atomic mass is 9.91. The number of carboxylic acids is 1. The van der Waals surface area contributed by atoms with Crippen LogP contribution in [0, 0.1) is 17.6 Å². The van der Waals surface area contributed by atoms with Gasteiger partial charge < -0.3 is 14.5 Å². The maximum absolute atomic E-state index is 14.8. The highest BCUT2D eigenvalue weighted by Crippen LogP contribution is 2.31. The Balaban J connectivity index is 1.56. The van der Waals surface area contributed by atoms with E-state index in [1.54, 1.807) is 35.0 Å². The molecule has 0 spiro atoms. The molecule has 3 aromatic heterocycles. The predicted octanol–water partition coefficient (Wildman–Crippen LogP) is 4.01. The molecule has 1 aliphatic rings. The van der Waals surface area contributed by atoms with Gasteiger partial charge in [-0.3, -0.25) is 4.68 Å². The van der Waals surface area contributed by atoms with Crippen LogP contribution in [0.5, 0.6) is 0 Å². The molecule has 1 fully saturated rings. The molecule has 180 valence electrons. The number of piperidine rings is 1. The van der Waals surface area contributed by atoms with Gasteiger partial charge in [0.15, 0.2) is 17.5 Å². The molecular formula is C24H22F2N6O3. The van der Waals surface area contributed by atoms with Gasteiger partial charge in [0.1, 0.15) is 29.5 Å². The molecule has 1 saturated heterocycles. The summed E-state index contributed by atoms with van der Waals surface area (Å²) in [6, 6.07) is 8.75. The quantitative estimate of drug-likeness (QED) is 0.441. The van der Waals surface area contributed by atoms with E-state index in [1.165, 1.54) is 17.2 Å². The largest absolute Gasteiger partial charge is 0.480 e. The summed E-state index contributed by atoms with van der Waals surface area (Å²) in [6.07, 6.45) is 3.87. The summed E-state index contributed by atoms with van der Waals surface area (Å²) in [4.78, 5) is 21.9. The molecule has 2 unspecified atom stereocenters. The van der Waals surface area contributed by atoms with Crippen molar-refractivity contribution in [2.24, 2.45) is 5.92 Å². The van der Waals surface area contributed by atoms with Gasteiger partial charge in [-0.15, -0.1) is 0 Å². The van der Waals surface area contributed by atoms with Gasteiger partial charge in [0.05, 0.1) is 18.4 Å². The van der Waals surface area contributed by atoms with Crippen LogP contribution in [0.2, 0.25) is 0 Å². The highest BCUT2D eigenvalue weighted by Gasteiger charge is 2.36. The van der Waals surface area contributed by atoms with Crippen LogP contribution in [0.1, 0.15) is 25.3 Å². The Kier molecular flexibility index (Phi) is 5.98. The van der Waals surface area contributed by atoms with Crippen molar-refractivity contribution in [1.29, 1.82) is 0 Å². The van der Waals surface area contributed by atoms with Crippen molar-refractivity contribution in [3.8, 4) is 22.9 Å². The molecule has 1 aliphatic heterocycles. The number of carbonyl (C=O) groups is 1. The molecule has 11 heteroatoms. The van der Waals surface area contributed by atoms with Gasteiger partial charge >= 0.3 is 5.97 Å². The number of hydrogen-bond donors (Lipinski definition) is 1. The zero-order chi connectivity index (χ0) is 24.5. The number of halogens is 2. The zero-order valence-electron chi connectivity index (χ0n) is 18.8. The average Bonchev–Trinajstić information content (AvgIpc) is 3.51. The zero-order valence-corrected chi connectivity index (χ0v) is 18.8. The molecule has 1 N–H and O–H groups in total. The maximum atomic E-state index is 14.8. The number of rotatable bonds is 6. The van der Waals surface area contributed by atoms with Gasteiger partial charge in [-0.05, 0) is 30.9 Å². The standard InChI is InChI=1S/C24H22F2N6O3/c1-14-5-4-9-31(21(14)24(33)34)23-17(26)12-27-22(28-23)19-11-20(18-8-10-35-30-18)32(29-19)13-15-6-2-3-7-16(15)25/h2-3,6-8,10-12,14,21H,4-5,9,13H2,1H3,(H,33,34). The molecule has 1 aromatic carbocycles. The summed E-state index contributed by atoms with van der Waals surface area (Å²) in [5, 5.41) is 18.3. The summed E-state index contributed by atoms with van der Waals surface area (Å²) in [6.45, 7) is 2.30. The maximum Gasteiger partial charge on any atom is 0.326 e. The number of benzene rings is 1. The molecule has 35 heavy (non-hydrogen) atoms. The molecule has 0 saturated carbocycles. The van der Waals surface area contributed by atoms with Crippen molar-refractivity contribution in [1.82, 2.24) is 24.9 Å². The van der Waals surface area contributed by atoms with Crippen LogP contribution in [-0.2, 0) is 11.3 Å². The van der Waals surface area contributed by atoms with E-state index < -0.39 is 17.8 Å². The van der Waals surface area contributed by atoms with Crippen molar-refractivity contribution in [2.75, 3.05) is 11.4 Å². The van der Waals surface area contributed by atoms with Crippen LogP contribution in [0.15, 0.2) is 53.4 Å². The first-order valence-corrected chi connectivity index (χ1v) is 11.2. The lowest BCUT2D eigenvalue weighted by Gasteiger charge is -2.38. The SMILES string of the molecule is CC1CCCN(c2nc(-c3cc(-c4ccon4)n(Cc4ccccc4F)n3)ncc2F)C1C(=O)O. The first-order chi connectivity index (χ1) is 16.9. The van der Waals surface area contributed by atoms with E-state index in [4.69, 9.17) is 4.52 Å². The van der Waals surface area contributed by atoms with E-state index in [1.807, 2.05) is 6.92 Å². The van der Waals surface area contributed by atoms with Gasteiger partial charge in [0.2, 0.25) is 0 Å².